The molecular weight excluding hydrogens is 164 g/mol. The molecule has 0 bridgehead atoms. The number of hydrogen-bond acceptors (Lipinski definition) is 3. The lowest BCUT2D eigenvalue weighted by Gasteiger charge is -2.06. The van der Waals surface area contributed by atoms with Crippen LogP contribution in [-0.4, -0.2) is 5.11 Å². The van der Waals surface area contributed by atoms with Gasteiger partial charge in [-0.1, -0.05) is 11.6 Å². The molecule has 0 heterocycles. The summed E-state index contributed by atoms with van der Waals surface area (Å²) in [6.07, 6.45) is 0. The second-order valence-electron chi connectivity index (χ2n) is 2.36. The Labute approximate surface area is 69.6 Å². The summed E-state index contributed by atoms with van der Waals surface area (Å²) in [6, 6.07) is 1.58. The second kappa shape index (κ2) is 2.51. The van der Waals surface area contributed by atoms with Gasteiger partial charge in [-0.3, -0.25) is 0 Å². The number of hydrogen-bond donors (Lipinski definition) is 3. The van der Waals surface area contributed by atoms with Gasteiger partial charge in [-0.15, -0.1) is 0 Å². The van der Waals surface area contributed by atoms with E-state index in [4.69, 9.17) is 23.1 Å². The highest BCUT2D eigenvalue weighted by atomic mass is 35.5. The minimum atomic E-state index is -0.00151. The third-order valence-corrected chi connectivity index (χ3v) is 1.88. The normalized spacial score (nSPS) is 10.0. The van der Waals surface area contributed by atoms with Crippen LogP contribution < -0.4 is 11.5 Å². The fourth-order valence-electron chi connectivity index (χ4n) is 0.807. The average Bonchev–Trinajstić information content (AvgIpc) is 1.97. The summed E-state index contributed by atoms with van der Waals surface area (Å²) in [7, 11) is 0. The largest absolute Gasteiger partial charge is 0.506 e. The summed E-state index contributed by atoms with van der Waals surface area (Å²) in [5.74, 6) is -0.00151. The minimum absolute atomic E-state index is 0.00151. The maximum atomic E-state index is 9.24. The van der Waals surface area contributed by atoms with Crippen LogP contribution >= 0.6 is 11.6 Å². The van der Waals surface area contributed by atoms with E-state index in [9.17, 15) is 5.11 Å². The molecular formula is C7H9ClN2O. The number of halogens is 1. The lowest BCUT2D eigenvalue weighted by atomic mass is 10.2. The maximum Gasteiger partial charge on any atom is 0.139 e. The average molecular weight is 173 g/mol. The Kier molecular flexibility index (Phi) is 1.83. The van der Waals surface area contributed by atoms with Crippen LogP contribution in [0.2, 0.25) is 5.02 Å². The van der Waals surface area contributed by atoms with Crippen molar-refractivity contribution >= 4 is 23.0 Å². The van der Waals surface area contributed by atoms with Crippen LogP contribution in [0, 0.1) is 6.92 Å². The summed E-state index contributed by atoms with van der Waals surface area (Å²) < 4.78 is 0. The van der Waals surface area contributed by atoms with Crippen molar-refractivity contribution in [3.8, 4) is 5.75 Å². The number of phenolic OH excluding ortho intramolecular Hbond substituents is 1. The van der Waals surface area contributed by atoms with Gasteiger partial charge < -0.3 is 16.6 Å². The van der Waals surface area contributed by atoms with Crippen molar-refractivity contribution in [2.75, 3.05) is 11.5 Å². The fourth-order valence-corrected chi connectivity index (χ4v) is 1.06. The predicted molar refractivity (Wildman–Crippen MR) is 46.7 cm³/mol. The lowest BCUT2D eigenvalue weighted by Crippen LogP contribution is -1.96. The number of anilines is 2. The maximum absolute atomic E-state index is 9.24. The number of aryl methyl sites for hydroxylation is 1. The van der Waals surface area contributed by atoms with E-state index in [-0.39, 0.29) is 16.5 Å². The van der Waals surface area contributed by atoms with Gasteiger partial charge in [0.25, 0.3) is 0 Å². The molecule has 0 aromatic heterocycles. The van der Waals surface area contributed by atoms with Gasteiger partial charge in [0.15, 0.2) is 0 Å². The molecule has 0 radical (unpaired) electrons. The van der Waals surface area contributed by atoms with Gasteiger partial charge >= 0.3 is 0 Å². The second-order valence-corrected chi connectivity index (χ2v) is 2.74. The Bertz CT molecular complexity index is 273. The highest BCUT2D eigenvalue weighted by molar-refractivity contribution is 6.35. The van der Waals surface area contributed by atoms with E-state index in [1.54, 1.807) is 13.0 Å². The molecule has 11 heavy (non-hydrogen) atoms. The number of aromatic hydroxyl groups is 1. The highest BCUT2D eigenvalue weighted by Gasteiger charge is 2.08. The molecule has 0 aliphatic heterocycles. The number of nitrogen functional groups attached to an aromatic ring is 2. The smallest absolute Gasteiger partial charge is 0.139 e. The van der Waals surface area contributed by atoms with Gasteiger partial charge in [0.05, 0.1) is 11.4 Å². The van der Waals surface area contributed by atoms with Crippen molar-refractivity contribution in [2.45, 2.75) is 6.92 Å². The van der Waals surface area contributed by atoms with Crippen LogP contribution in [0.4, 0.5) is 11.4 Å². The topological polar surface area (TPSA) is 72.3 Å². The number of benzene rings is 1. The molecule has 1 rings (SSSR count). The molecule has 1 aromatic carbocycles. The van der Waals surface area contributed by atoms with Crippen LogP contribution in [0.3, 0.4) is 0 Å². The molecule has 0 saturated heterocycles. The molecule has 5 N–H and O–H groups in total. The summed E-state index contributed by atoms with van der Waals surface area (Å²) >= 11 is 5.63. The summed E-state index contributed by atoms with van der Waals surface area (Å²) in [5.41, 5.74) is 12.2. The molecule has 1 aromatic rings. The first-order valence-corrected chi connectivity index (χ1v) is 3.45. The molecule has 4 heteroatoms. The van der Waals surface area contributed by atoms with Crippen LogP contribution in [0.15, 0.2) is 6.07 Å². The van der Waals surface area contributed by atoms with Gasteiger partial charge in [-0.05, 0) is 18.6 Å². The lowest BCUT2D eigenvalue weighted by molar-refractivity contribution is 0.472. The van der Waals surface area contributed by atoms with Crippen LogP contribution in [-0.2, 0) is 0 Å². The van der Waals surface area contributed by atoms with Crippen molar-refractivity contribution in [3.05, 3.63) is 16.7 Å². The molecule has 0 atom stereocenters. The van der Waals surface area contributed by atoms with E-state index in [0.29, 0.717) is 11.3 Å². The van der Waals surface area contributed by atoms with Crippen molar-refractivity contribution in [1.29, 1.82) is 0 Å². The zero-order chi connectivity index (χ0) is 8.59. The van der Waals surface area contributed by atoms with E-state index in [1.165, 1.54) is 0 Å². The van der Waals surface area contributed by atoms with E-state index < -0.39 is 0 Å². The van der Waals surface area contributed by atoms with Gasteiger partial charge in [0, 0.05) is 0 Å². The molecule has 0 unspecified atom stereocenters. The van der Waals surface area contributed by atoms with E-state index >= 15 is 0 Å². The van der Waals surface area contributed by atoms with E-state index in [1.807, 2.05) is 0 Å². The molecule has 0 spiro atoms. The summed E-state index contributed by atoms with van der Waals surface area (Å²) in [4.78, 5) is 0. The highest BCUT2D eigenvalue weighted by Crippen LogP contribution is 2.36. The molecule has 0 fully saturated rings. The van der Waals surface area contributed by atoms with Gasteiger partial charge in [0.2, 0.25) is 0 Å². The Morgan fingerprint density at radius 2 is 2.00 bits per heavy atom. The Morgan fingerprint density at radius 1 is 1.45 bits per heavy atom. The molecule has 0 aliphatic carbocycles. The standard InChI is InChI=1S/C7H9ClN2O/c1-3-2-4(9)6(10)5(8)7(3)11/h2,11H,9-10H2,1H3. The van der Waals surface area contributed by atoms with Gasteiger partial charge in [-0.25, -0.2) is 0 Å². The molecule has 0 amide bonds. The third-order valence-electron chi connectivity index (χ3n) is 1.50. The summed E-state index contributed by atoms with van der Waals surface area (Å²) in [5, 5.41) is 9.37. The van der Waals surface area contributed by atoms with E-state index in [2.05, 4.69) is 0 Å². The first-order chi connectivity index (χ1) is 5.04. The van der Waals surface area contributed by atoms with Crippen molar-refractivity contribution < 1.29 is 5.11 Å². The number of rotatable bonds is 0. The fraction of sp³-hybridized carbons (Fsp3) is 0.143. The molecule has 60 valence electrons. The minimum Gasteiger partial charge on any atom is -0.506 e. The zero-order valence-electron chi connectivity index (χ0n) is 6.06. The van der Waals surface area contributed by atoms with Crippen LogP contribution in [0.1, 0.15) is 5.56 Å². The third kappa shape index (κ3) is 1.19. The number of phenols is 1. The number of nitrogens with two attached hydrogens (primary N) is 2. The van der Waals surface area contributed by atoms with Crippen LogP contribution in [0.25, 0.3) is 0 Å². The Morgan fingerprint density at radius 3 is 2.55 bits per heavy atom. The first-order valence-electron chi connectivity index (χ1n) is 3.07. The molecule has 3 nitrogen and oxygen atoms in total. The monoisotopic (exact) mass is 172 g/mol. The first kappa shape index (κ1) is 8.01. The van der Waals surface area contributed by atoms with Gasteiger partial charge in [0.1, 0.15) is 10.8 Å². The van der Waals surface area contributed by atoms with Gasteiger partial charge in [-0.2, -0.15) is 0 Å². The van der Waals surface area contributed by atoms with Crippen molar-refractivity contribution in [1.82, 2.24) is 0 Å². The Hall–Kier alpha value is -1.09. The quantitative estimate of drug-likeness (QED) is 0.410. The molecule has 0 saturated carbocycles. The Balaban J connectivity index is 3.46. The summed E-state index contributed by atoms with van der Waals surface area (Å²) in [6.45, 7) is 1.71. The zero-order valence-corrected chi connectivity index (χ0v) is 6.81. The predicted octanol–water partition coefficient (Wildman–Crippen LogP) is 1.52. The SMILES string of the molecule is Cc1cc(N)c(N)c(Cl)c1O. The van der Waals surface area contributed by atoms with Crippen LogP contribution in [0.5, 0.6) is 5.75 Å². The van der Waals surface area contributed by atoms with Crippen molar-refractivity contribution in [3.63, 3.8) is 0 Å². The van der Waals surface area contributed by atoms with Crippen molar-refractivity contribution in [2.24, 2.45) is 0 Å². The molecule has 0 aliphatic rings. The van der Waals surface area contributed by atoms with E-state index in [0.717, 1.165) is 0 Å².